The van der Waals surface area contributed by atoms with Gasteiger partial charge < -0.3 is 9.15 Å². The van der Waals surface area contributed by atoms with Crippen molar-refractivity contribution in [3.8, 4) is 11.8 Å². The van der Waals surface area contributed by atoms with E-state index in [0.29, 0.717) is 23.5 Å². The summed E-state index contributed by atoms with van der Waals surface area (Å²) in [6.07, 6.45) is 0. The SMILES string of the molecule is CN(Cc1ccc(COc2ccc3ccc(=O)oc3c2)cc1)Cc1cccc(C#N)c1.Cl. The molecule has 6 heteroatoms. The van der Waals surface area contributed by atoms with Crippen LogP contribution in [0.15, 0.2) is 88.1 Å². The summed E-state index contributed by atoms with van der Waals surface area (Å²) in [5.74, 6) is 0.658. The maximum absolute atomic E-state index is 11.4. The monoisotopic (exact) mass is 446 g/mol. The number of benzene rings is 3. The van der Waals surface area contributed by atoms with Gasteiger partial charge in [0.25, 0.3) is 0 Å². The molecule has 4 rings (SSSR count). The Morgan fingerprint density at radius 2 is 1.62 bits per heavy atom. The number of rotatable bonds is 7. The molecule has 0 N–H and O–H groups in total. The number of hydrogen-bond acceptors (Lipinski definition) is 5. The van der Waals surface area contributed by atoms with Crippen molar-refractivity contribution in [3.63, 3.8) is 0 Å². The number of nitriles is 1. The summed E-state index contributed by atoms with van der Waals surface area (Å²) in [7, 11) is 2.06. The topological polar surface area (TPSA) is 66.5 Å². The fourth-order valence-electron chi connectivity index (χ4n) is 3.46. The van der Waals surface area contributed by atoms with E-state index in [1.807, 2.05) is 36.4 Å². The molecule has 0 bridgehead atoms. The molecule has 0 fully saturated rings. The zero-order valence-corrected chi connectivity index (χ0v) is 18.5. The minimum atomic E-state index is -0.372. The Kier molecular flexibility index (Phi) is 7.67. The van der Waals surface area contributed by atoms with Crippen LogP contribution in [0, 0.1) is 11.3 Å². The standard InChI is InChI=1S/C26H22N2O3.ClH/c1-28(17-22-4-2-3-21(13-22)15-27)16-19-5-7-20(8-6-19)18-30-24-11-9-23-10-12-26(29)31-25(23)14-24;/h2-14H,16-18H2,1H3;1H. The molecule has 0 atom stereocenters. The van der Waals surface area contributed by atoms with Crippen molar-refractivity contribution in [3.05, 3.63) is 112 Å². The molecule has 0 spiro atoms. The van der Waals surface area contributed by atoms with Crippen molar-refractivity contribution in [1.29, 1.82) is 5.26 Å². The van der Waals surface area contributed by atoms with E-state index in [1.165, 1.54) is 11.6 Å². The van der Waals surface area contributed by atoms with Crippen LogP contribution in [0.1, 0.15) is 22.3 Å². The molecule has 5 nitrogen and oxygen atoms in total. The highest BCUT2D eigenvalue weighted by Crippen LogP contribution is 2.20. The number of ether oxygens (including phenoxy) is 1. The molecule has 3 aromatic carbocycles. The largest absolute Gasteiger partial charge is 0.489 e. The predicted octanol–water partition coefficient (Wildman–Crippen LogP) is 5.30. The Labute approximate surface area is 192 Å². The van der Waals surface area contributed by atoms with E-state index < -0.39 is 0 Å². The Balaban J connectivity index is 0.00000289. The molecule has 1 aromatic heterocycles. The summed E-state index contributed by atoms with van der Waals surface area (Å²) >= 11 is 0. The van der Waals surface area contributed by atoms with Crippen molar-refractivity contribution in [1.82, 2.24) is 4.90 Å². The number of nitrogens with zero attached hydrogens (tertiary/aromatic N) is 2. The lowest BCUT2D eigenvalue weighted by Crippen LogP contribution is -2.17. The molecule has 0 aliphatic carbocycles. The Bertz CT molecular complexity index is 1290. The molecule has 0 unspecified atom stereocenters. The highest BCUT2D eigenvalue weighted by Gasteiger charge is 2.05. The highest BCUT2D eigenvalue weighted by molar-refractivity contribution is 5.85. The minimum Gasteiger partial charge on any atom is -0.489 e. The van der Waals surface area contributed by atoms with Gasteiger partial charge in [0.05, 0.1) is 11.6 Å². The molecule has 0 saturated heterocycles. The van der Waals surface area contributed by atoms with Gasteiger partial charge in [-0.15, -0.1) is 12.4 Å². The lowest BCUT2D eigenvalue weighted by Gasteiger charge is -2.17. The van der Waals surface area contributed by atoms with Crippen molar-refractivity contribution in [2.24, 2.45) is 0 Å². The van der Waals surface area contributed by atoms with Gasteiger partial charge in [-0.1, -0.05) is 36.4 Å². The second kappa shape index (κ2) is 10.6. The zero-order chi connectivity index (χ0) is 21.6. The van der Waals surface area contributed by atoms with Crippen LogP contribution in [0.5, 0.6) is 5.75 Å². The first-order valence-electron chi connectivity index (χ1n) is 10.0. The van der Waals surface area contributed by atoms with E-state index in [4.69, 9.17) is 14.4 Å². The van der Waals surface area contributed by atoms with Crippen LogP contribution in [-0.4, -0.2) is 11.9 Å². The van der Waals surface area contributed by atoms with Gasteiger partial charge in [0.2, 0.25) is 0 Å². The molecule has 162 valence electrons. The molecule has 1 heterocycles. The summed E-state index contributed by atoms with van der Waals surface area (Å²) in [5.41, 5.74) is 4.21. The van der Waals surface area contributed by atoms with Gasteiger partial charge >= 0.3 is 5.63 Å². The van der Waals surface area contributed by atoms with Crippen LogP contribution in [0.4, 0.5) is 0 Å². The van der Waals surface area contributed by atoms with Crippen LogP contribution in [0.3, 0.4) is 0 Å². The summed E-state index contributed by atoms with van der Waals surface area (Å²) in [6.45, 7) is 2.01. The van der Waals surface area contributed by atoms with E-state index in [0.717, 1.165) is 29.6 Å². The van der Waals surface area contributed by atoms with Crippen molar-refractivity contribution in [2.75, 3.05) is 7.05 Å². The second-order valence-electron chi connectivity index (χ2n) is 7.54. The third-order valence-electron chi connectivity index (χ3n) is 4.98. The maximum Gasteiger partial charge on any atom is 0.336 e. The molecule has 0 saturated carbocycles. The first-order chi connectivity index (χ1) is 15.1. The van der Waals surface area contributed by atoms with Crippen molar-refractivity contribution in [2.45, 2.75) is 19.7 Å². The van der Waals surface area contributed by atoms with Gasteiger partial charge in [-0.2, -0.15) is 5.26 Å². The Morgan fingerprint density at radius 1 is 0.906 bits per heavy atom. The van der Waals surface area contributed by atoms with Crippen LogP contribution in [0.2, 0.25) is 0 Å². The normalized spacial score (nSPS) is 10.5. The van der Waals surface area contributed by atoms with Gasteiger partial charge in [0, 0.05) is 30.6 Å². The maximum atomic E-state index is 11.4. The molecular formula is C26H23ClN2O3. The second-order valence-corrected chi connectivity index (χ2v) is 7.54. The van der Waals surface area contributed by atoms with Crippen LogP contribution >= 0.6 is 12.4 Å². The Hall–Kier alpha value is -3.59. The predicted molar refractivity (Wildman–Crippen MR) is 127 cm³/mol. The van der Waals surface area contributed by atoms with Gasteiger partial charge in [-0.25, -0.2) is 4.79 Å². The summed E-state index contributed by atoms with van der Waals surface area (Å²) in [5, 5.41) is 9.90. The number of hydrogen-bond donors (Lipinski definition) is 0. The minimum absolute atomic E-state index is 0. The summed E-state index contributed by atoms with van der Waals surface area (Å²) in [6, 6.07) is 26.8. The molecule has 32 heavy (non-hydrogen) atoms. The Morgan fingerprint density at radius 3 is 2.41 bits per heavy atom. The number of fused-ring (bicyclic) bond motifs is 1. The van der Waals surface area contributed by atoms with E-state index >= 15 is 0 Å². The van der Waals surface area contributed by atoms with Crippen LogP contribution in [0.25, 0.3) is 11.0 Å². The van der Waals surface area contributed by atoms with E-state index in [2.05, 4.69) is 42.3 Å². The molecule has 0 radical (unpaired) electrons. The van der Waals surface area contributed by atoms with Crippen molar-refractivity contribution < 1.29 is 9.15 Å². The average molecular weight is 447 g/mol. The van der Waals surface area contributed by atoms with Gasteiger partial charge in [-0.3, -0.25) is 4.90 Å². The number of halogens is 1. The third kappa shape index (κ3) is 5.98. The van der Waals surface area contributed by atoms with Gasteiger partial charge in [-0.05, 0) is 54.1 Å². The molecule has 0 aliphatic rings. The summed E-state index contributed by atoms with van der Waals surface area (Å²) in [4.78, 5) is 13.6. The summed E-state index contributed by atoms with van der Waals surface area (Å²) < 4.78 is 11.1. The lowest BCUT2D eigenvalue weighted by atomic mass is 10.1. The fraction of sp³-hybridized carbons (Fsp3) is 0.154. The van der Waals surface area contributed by atoms with Crippen molar-refractivity contribution >= 4 is 23.4 Å². The first-order valence-corrected chi connectivity index (χ1v) is 10.0. The lowest BCUT2D eigenvalue weighted by molar-refractivity contribution is 0.305. The third-order valence-corrected chi connectivity index (χ3v) is 4.98. The zero-order valence-electron chi connectivity index (χ0n) is 17.7. The molecule has 0 amide bonds. The fourth-order valence-corrected chi connectivity index (χ4v) is 3.46. The van der Waals surface area contributed by atoms with E-state index in [-0.39, 0.29) is 18.0 Å². The smallest absolute Gasteiger partial charge is 0.336 e. The van der Waals surface area contributed by atoms with E-state index in [9.17, 15) is 4.79 Å². The van der Waals surface area contributed by atoms with Gasteiger partial charge in [0.15, 0.2) is 0 Å². The molecule has 4 aromatic rings. The molecular weight excluding hydrogens is 424 g/mol. The highest BCUT2D eigenvalue weighted by atomic mass is 35.5. The average Bonchev–Trinajstić information content (AvgIpc) is 2.78. The van der Waals surface area contributed by atoms with Crippen LogP contribution < -0.4 is 10.4 Å². The first kappa shape index (κ1) is 23.1. The van der Waals surface area contributed by atoms with Crippen LogP contribution in [-0.2, 0) is 19.7 Å². The van der Waals surface area contributed by atoms with E-state index in [1.54, 1.807) is 12.1 Å². The molecule has 0 aliphatic heterocycles. The quantitative estimate of drug-likeness (QED) is 0.360. The van der Waals surface area contributed by atoms with Gasteiger partial charge in [0.1, 0.15) is 17.9 Å².